The molecule has 2 heterocycles. The highest BCUT2D eigenvalue weighted by molar-refractivity contribution is 5.89. The lowest BCUT2D eigenvalue weighted by atomic mass is 9.71. The lowest BCUT2D eigenvalue weighted by Gasteiger charge is -2.47. The molecule has 3 fully saturated rings. The van der Waals surface area contributed by atoms with E-state index in [1.54, 1.807) is 6.07 Å². The molecule has 3 aliphatic rings. The van der Waals surface area contributed by atoms with Crippen LogP contribution in [0.3, 0.4) is 0 Å². The Morgan fingerprint density at radius 1 is 1.25 bits per heavy atom. The average molecular weight is 328 g/mol. The monoisotopic (exact) mass is 328 g/mol. The second kappa shape index (κ2) is 5.85. The number of piperidine rings is 1. The molecular weight excluding hydrogens is 300 g/mol. The molecular formula is C20H28N2O2. The minimum absolute atomic E-state index is 0.354. The molecule has 0 spiro atoms. The van der Waals surface area contributed by atoms with Crippen LogP contribution in [0.4, 0.5) is 0 Å². The topological polar surface area (TPSA) is 43.8 Å². The van der Waals surface area contributed by atoms with E-state index in [0.717, 1.165) is 18.7 Å². The highest BCUT2D eigenvalue weighted by Crippen LogP contribution is 2.52. The van der Waals surface area contributed by atoms with E-state index in [1.165, 1.54) is 32.1 Å². The lowest BCUT2D eigenvalue weighted by molar-refractivity contribution is 0.0321. The summed E-state index contributed by atoms with van der Waals surface area (Å²) in [5.74, 6) is -0.812. The van der Waals surface area contributed by atoms with Gasteiger partial charge in [-0.25, -0.2) is 4.79 Å². The number of nitrogens with zero attached hydrogens (tertiary/aromatic N) is 2. The standard InChI is InChI=1S/C20H28N2O2/c1-20-11-15-13-22(12-14-7-3-4-8-16(14)19(23)24)18(20)10-6-5-9-17(20)21(15)2/h3-4,7-8,15,17-18H,5-6,9-13H2,1-2H3,(H,23,24)/t15-,17-,18+,20-/m0/s1. The molecule has 1 N–H and O–H groups in total. The summed E-state index contributed by atoms with van der Waals surface area (Å²) in [6, 6.07) is 9.39. The molecule has 2 aliphatic heterocycles. The van der Waals surface area contributed by atoms with Crippen LogP contribution in [0.25, 0.3) is 0 Å². The molecule has 2 bridgehead atoms. The summed E-state index contributed by atoms with van der Waals surface area (Å²) in [7, 11) is 2.30. The van der Waals surface area contributed by atoms with Gasteiger partial charge in [0, 0.05) is 36.6 Å². The molecule has 0 unspecified atom stereocenters. The van der Waals surface area contributed by atoms with Crippen molar-refractivity contribution in [3.63, 3.8) is 0 Å². The van der Waals surface area contributed by atoms with Gasteiger partial charge in [-0.1, -0.05) is 38.0 Å². The van der Waals surface area contributed by atoms with Crippen molar-refractivity contribution < 1.29 is 9.90 Å². The third kappa shape index (κ3) is 2.39. The van der Waals surface area contributed by atoms with Gasteiger partial charge in [-0.2, -0.15) is 0 Å². The van der Waals surface area contributed by atoms with E-state index < -0.39 is 5.97 Å². The van der Waals surface area contributed by atoms with Gasteiger partial charge >= 0.3 is 5.97 Å². The second-order valence-corrected chi connectivity index (χ2v) is 8.24. The van der Waals surface area contributed by atoms with Gasteiger partial charge in [0.25, 0.3) is 0 Å². The van der Waals surface area contributed by atoms with Gasteiger partial charge in [-0.3, -0.25) is 9.80 Å². The number of carboxylic acids is 1. The molecule has 1 aromatic carbocycles. The number of likely N-dealkylation sites (N-methyl/N-ethyl adjacent to an activating group) is 1. The first-order chi connectivity index (χ1) is 11.5. The molecule has 1 aromatic rings. The minimum Gasteiger partial charge on any atom is -0.478 e. The smallest absolute Gasteiger partial charge is 0.336 e. The Morgan fingerprint density at radius 3 is 2.71 bits per heavy atom. The zero-order valence-electron chi connectivity index (χ0n) is 14.7. The van der Waals surface area contributed by atoms with Crippen molar-refractivity contribution in [3.8, 4) is 0 Å². The fraction of sp³-hybridized carbons (Fsp3) is 0.650. The van der Waals surface area contributed by atoms with E-state index in [0.29, 0.717) is 29.1 Å². The third-order valence-electron chi connectivity index (χ3n) is 6.98. The Balaban J connectivity index is 1.66. The van der Waals surface area contributed by atoms with E-state index in [1.807, 2.05) is 18.2 Å². The third-order valence-corrected chi connectivity index (χ3v) is 6.98. The first kappa shape index (κ1) is 16.1. The number of fused-ring (bicyclic) bond motifs is 1. The van der Waals surface area contributed by atoms with Crippen LogP contribution >= 0.6 is 0 Å². The fourth-order valence-electron chi connectivity index (χ4n) is 5.86. The lowest BCUT2D eigenvalue weighted by Crippen LogP contribution is -2.53. The number of aromatic carboxylic acids is 1. The summed E-state index contributed by atoms with van der Waals surface area (Å²) in [5, 5.41) is 9.50. The Morgan fingerprint density at radius 2 is 1.96 bits per heavy atom. The largest absolute Gasteiger partial charge is 0.478 e. The average Bonchev–Trinajstić information content (AvgIpc) is 2.68. The van der Waals surface area contributed by atoms with E-state index in [-0.39, 0.29) is 0 Å². The molecule has 4 heteroatoms. The number of benzene rings is 1. The van der Waals surface area contributed by atoms with Gasteiger partial charge in [0.2, 0.25) is 0 Å². The molecule has 0 aromatic heterocycles. The summed E-state index contributed by atoms with van der Waals surface area (Å²) in [6.45, 7) is 4.32. The second-order valence-electron chi connectivity index (χ2n) is 8.24. The summed E-state index contributed by atoms with van der Waals surface area (Å²) in [6.07, 6.45) is 6.50. The Labute approximate surface area is 144 Å². The maximum absolute atomic E-state index is 11.6. The van der Waals surface area contributed by atoms with Crippen molar-refractivity contribution in [1.82, 2.24) is 9.80 Å². The predicted octanol–water partition coefficient (Wildman–Crippen LogP) is 3.22. The molecule has 1 aliphatic carbocycles. The van der Waals surface area contributed by atoms with E-state index in [2.05, 4.69) is 23.8 Å². The van der Waals surface area contributed by atoms with Gasteiger partial charge in [-0.15, -0.1) is 0 Å². The number of rotatable bonds is 3. The maximum atomic E-state index is 11.6. The number of hydrogen-bond donors (Lipinski definition) is 1. The van der Waals surface area contributed by atoms with Gasteiger partial charge < -0.3 is 5.11 Å². The van der Waals surface area contributed by atoms with Crippen molar-refractivity contribution in [2.45, 2.75) is 63.7 Å². The van der Waals surface area contributed by atoms with Crippen LogP contribution < -0.4 is 0 Å². The summed E-state index contributed by atoms with van der Waals surface area (Å²) in [4.78, 5) is 16.8. The molecule has 0 amide bonds. The Bertz CT molecular complexity index is 646. The van der Waals surface area contributed by atoms with Crippen LogP contribution in [0.15, 0.2) is 24.3 Å². The maximum Gasteiger partial charge on any atom is 0.336 e. The van der Waals surface area contributed by atoms with Crippen LogP contribution in [0.5, 0.6) is 0 Å². The molecule has 130 valence electrons. The molecule has 4 rings (SSSR count). The molecule has 1 saturated carbocycles. The van der Waals surface area contributed by atoms with E-state index >= 15 is 0 Å². The van der Waals surface area contributed by atoms with Gasteiger partial charge in [0.05, 0.1) is 5.56 Å². The van der Waals surface area contributed by atoms with Crippen molar-refractivity contribution >= 4 is 5.97 Å². The highest BCUT2D eigenvalue weighted by atomic mass is 16.4. The SMILES string of the molecule is CN1[C@@H]2CN(Cc3ccccc3C(=O)O)[C@@H]3CCCC[C@H]1[C@]3(C)C2. The number of likely N-dealkylation sites (tertiary alicyclic amines) is 2. The quantitative estimate of drug-likeness (QED) is 0.925. The predicted molar refractivity (Wildman–Crippen MR) is 94.1 cm³/mol. The number of carboxylic acid groups (broad SMARTS) is 1. The van der Waals surface area contributed by atoms with Crippen molar-refractivity contribution in [2.24, 2.45) is 5.41 Å². The molecule has 4 nitrogen and oxygen atoms in total. The summed E-state index contributed by atoms with van der Waals surface area (Å²) in [5.41, 5.74) is 1.77. The highest BCUT2D eigenvalue weighted by Gasteiger charge is 2.57. The molecule has 4 atom stereocenters. The van der Waals surface area contributed by atoms with Crippen LogP contribution in [0.2, 0.25) is 0 Å². The first-order valence-corrected chi connectivity index (χ1v) is 9.28. The van der Waals surface area contributed by atoms with Gasteiger partial charge in [0.15, 0.2) is 0 Å². The van der Waals surface area contributed by atoms with Crippen molar-refractivity contribution in [2.75, 3.05) is 13.6 Å². The van der Waals surface area contributed by atoms with E-state index in [9.17, 15) is 9.90 Å². The van der Waals surface area contributed by atoms with Crippen LogP contribution in [0, 0.1) is 5.41 Å². The Kier molecular flexibility index (Phi) is 3.92. The number of hydrogen-bond acceptors (Lipinski definition) is 3. The Hall–Kier alpha value is -1.39. The van der Waals surface area contributed by atoms with Crippen LogP contribution in [-0.2, 0) is 6.54 Å². The minimum atomic E-state index is -0.812. The zero-order chi connectivity index (χ0) is 16.9. The van der Waals surface area contributed by atoms with E-state index in [4.69, 9.17) is 0 Å². The molecule has 24 heavy (non-hydrogen) atoms. The van der Waals surface area contributed by atoms with Gasteiger partial charge in [-0.05, 0) is 37.9 Å². The first-order valence-electron chi connectivity index (χ1n) is 9.28. The zero-order valence-corrected chi connectivity index (χ0v) is 14.7. The summed E-state index contributed by atoms with van der Waals surface area (Å²) >= 11 is 0. The summed E-state index contributed by atoms with van der Waals surface area (Å²) < 4.78 is 0. The molecule has 0 radical (unpaired) electrons. The normalized spacial score (nSPS) is 36.5. The van der Waals surface area contributed by atoms with Gasteiger partial charge in [0.1, 0.15) is 0 Å². The van der Waals surface area contributed by atoms with Crippen LogP contribution in [-0.4, -0.2) is 52.6 Å². The molecule has 2 saturated heterocycles. The van der Waals surface area contributed by atoms with Crippen molar-refractivity contribution in [1.29, 1.82) is 0 Å². The van der Waals surface area contributed by atoms with Crippen molar-refractivity contribution in [3.05, 3.63) is 35.4 Å². The number of carbonyl (C=O) groups is 1. The van der Waals surface area contributed by atoms with Crippen LogP contribution in [0.1, 0.15) is 54.9 Å². The fourth-order valence-corrected chi connectivity index (χ4v) is 5.86.